The first-order valence-electron chi connectivity index (χ1n) is 6.00. The van der Waals surface area contributed by atoms with Crippen LogP contribution in [-0.4, -0.2) is 18.6 Å². The van der Waals surface area contributed by atoms with Gasteiger partial charge in [0.1, 0.15) is 5.75 Å². The van der Waals surface area contributed by atoms with Gasteiger partial charge in [0.15, 0.2) is 0 Å². The summed E-state index contributed by atoms with van der Waals surface area (Å²) >= 11 is 0. The van der Waals surface area contributed by atoms with Gasteiger partial charge in [0.05, 0.1) is 24.7 Å². The summed E-state index contributed by atoms with van der Waals surface area (Å²) in [5.74, 6) is 0.799. The van der Waals surface area contributed by atoms with E-state index in [1.54, 1.807) is 13.3 Å². The number of aromatic nitrogens is 1. The molecular formula is C14H18N2O. The average molecular weight is 230 g/mol. The van der Waals surface area contributed by atoms with Crippen LogP contribution < -0.4 is 9.64 Å². The van der Waals surface area contributed by atoms with Crippen molar-refractivity contribution in [3.8, 4) is 5.75 Å². The summed E-state index contributed by atoms with van der Waals surface area (Å²) in [6.45, 7) is 5.22. The summed E-state index contributed by atoms with van der Waals surface area (Å²) in [5, 5.41) is 0. The monoisotopic (exact) mass is 230 g/mol. The average Bonchev–Trinajstić information content (AvgIpc) is 2.38. The molecule has 1 aromatic heterocycles. The second kappa shape index (κ2) is 5.04. The van der Waals surface area contributed by atoms with Crippen molar-refractivity contribution in [1.29, 1.82) is 0 Å². The fourth-order valence-electron chi connectivity index (χ4n) is 2.04. The van der Waals surface area contributed by atoms with Crippen molar-refractivity contribution >= 4 is 11.8 Å². The number of methoxy groups -OCH3 is 1. The Hall–Kier alpha value is -1.77. The summed E-state index contributed by atoms with van der Waals surface area (Å²) in [5.41, 5.74) is 3.35. The molecule has 0 aromatic carbocycles. The number of hydrogen-bond donors (Lipinski definition) is 0. The molecule has 0 N–H and O–H groups in total. The lowest BCUT2D eigenvalue weighted by Crippen LogP contribution is -2.24. The quantitative estimate of drug-likeness (QED) is 0.797. The summed E-state index contributed by atoms with van der Waals surface area (Å²) in [6, 6.07) is 2.04. The second-order valence-electron chi connectivity index (χ2n) is 3.89. The van der Waals surface area contributed by atoms with Gasteiger partial charge in [-0.3, -0.25) is 4.98 Å². The van der Waals surface area contributed by atoms with Gasteiger partial charge in [0.25, 0.3) is 0 Å². The third-order valence-electron chi connectivity index (χ3n) is 2.85. The molecule has 0 spiro atoms. The van der Waals surface area contributed by atoms with Crippen LogP contribution in [0, 0.1) is 0 Å². The highest BCUT2D eigenvalue weighted by Gasteiger charge is 2.17. The number of pyridine rings is 1. The maximum absolute atomic E-state index is 5.24. The Morgan fingerprint density at radius 1 is 1.35 bits per heavy atom. The van der Waals surface area contributed by atoms with E-state index in [1.165, 1.54) is 5.70 Å². The number of fused-ring (bicyclic) bond motifs is 1. The molecule has 1 aliphatic rings. The molecule has 17 heavy (non-hydrogen) atoms. The first-order valence-corrected chi connectivity index (χ1v) is 6.00. The van der Waals surface area contributed by atoms with Crippen molar-refractivity contribution in [3.05, 3.63) is 35.8 Å². The van der Waals surface area contributed by atoms with Gasteiger partial charge < -0.3 is 9.64 Å². The maximum atomic E-state index is 5.24. The molecular weight excluding hydrogens is 212 g/mol. The lowest BCUT2D eigenvalue weighted by molar-refractivity contribution is 0.413. The molecule has 0 saturated carbocycles. The van der Waals surface area contributed by atoms with Crippen LogP contribution in [0.15, 0.2) is 30.1 Å². The molecule has 0 unspecified atom stereocenters. The maximum Gasteiger partial charge on any atom is 0.139 e. The summed E-state index contributed by atoms with van der Waals surface area (Å²) in [7, 11) is 1.67. The van der Waals surface area contributed by atoms with E-state index < -0.39 is 0 Å². The van der Waals surface area contributed by atoms with E-state index in [0.717, 1.165) is 30.1 Å². The van der Waals surface area contributed by atoms with Gasteiger partial charge in [-0.2, -0.15) is 0 Å². The molecule has 0 fully saturated rings. The summed E-state index contributed by atoms with van der Waals surface area (Å²) in [4.78, 5) is 6.66. The standard InChI is InChI=1S/C14H18N2O/c1-4-6-11-7-8-13-14(16(11)5-2)9-12(17-3)10-15-13/h6-10H,4-5H2,1-3H3/b11-6-. The topological polar surface area (TPSA) is 25.4 Å². The van der Waals surface area contributed by atoms with E-state index in [4.69, 9.17) is 4.74 Å². The van der Waals surface area contributed by atoms with Crippen molar-refractivity contribution in [2.45, 2.75) is 20.3 Å². The normalized spacial score (nSPS) is 16.2. The Morgan fingerprint density at radius 3 is 2.82 bits per heavy atom. The molecule has 3 nitrogen and oxygen atoms in total. The number of hydrogen-bond acceptors (Lipinski definition) is 3. The second-order valence-corrected chi connectivity index (χ2v) is 3.89. The number of allylic oxidation sites excluding steroid dienone is 2. The van der Waals surface area contributed by atoms with Crippen LogP contribution in [0.25, 0.3) is 6.08 Å². The summed E-state index contributed by atoms with van der Waals surface area (Å²) < 4.78 is 5.24. The summed E-state index contributed by atoms with van der Waals surface area (Å²) in [6.07, 6.45) is 9.19. The van der Waals surface area contributed by atoms with Crippen LogP contribution in [0.1, 0.15) is 26.0 Å². The molecule has 0 atom stereocenters. The fraction of sp³-hybridized carbons (Fsp3) is 0.357. The minimum absolute atomic E-state index is 0.799. The molecule has 0 saturated heterocycles. The molecule has 0 bridgehead atoms. The number of ether oxygens (including phenoxy) is 1. The Balaban J connectivity index is 2.47. The van der Waals surface area contributed by atoms with Gasteiger partial charge in [-0.05, 0) is 25.5 Å². The minimum atomic E-state index is 0.799. The van der Waals surface area contributed by atoms with Crippen LogP contribution >= 0.6 is 0 Å². The predicted molar refractivity (Wildman–Crippen MR) is 71.2 cm³/mol. The van der Waals surface area contributed by atoms with Gasteiger partial charge in [0, 0.05) is 18.3 Å². The highest BCUT2D eigenvalue weighted by Crippen LogP contribution is 2.32. The van der Waals surface area contributed by atoms with E-state index in [0.29, 0.717) is 0 Å². The first kappa shape index (κ1) is 11.7. The molecule has 0 aliphatic carbocycles. The molecule has 0 radical (unpaired) electrons. The van der Waals surface area contributed by atoms with E-state index in [9.17, 15) is 0 Å². The minimum Gasteiger partial charge on any atom is -0.495 e. The van der Waals surface area contributed by atoms with Crippen molar-refractivity contribution < 1.29 is 4.74 Å². The Kier molecular flexibility index (Phi) is 3.47. The molecule has 2 rings (SSSR count). The van der Waals surface area contributed by atoms with Crippen LogP contribution in [0.4, 0.5) is 5.69 Å². The Bertz CT molecular complexity index is 463. The van der Waals surface area contributed by atoms with Gasteiger partial charge in [-0.25, -0.2) is 0 Å². The van der Waals surface area contributed by atoms with Crippen LogP contribution in [-0.2, 0) is 0 Å². The first-order chi connectivity index (χ1) is 8.30. The number of rotatable bonds is 3. The lowest BCUT2D eigenvalue weighted by atomic mass is 10.1. The third-order valence-corrected chi connectivity index (χ3v) is 2.85. The lowest BCUT2D eigenvalue weighted by Gasteiger charge is -2.29. The molecule has 1 aliphatic heterocycles. The zero-order valence-corrected chi connectivity index (χ0v) is 10.6. The molecule has 90 valence electrons. The van der Waals surface area contributed by atoms with Crippen LogP contribution in [0.5, 0.6) is 5.75 Å². The van der Waals surface area contributed by atoms with Gasteiger partial charge in [-0.1, -0.05) is 13.0 Å². The van der Waals surface area contributed by atoms with Crippen molar-refractivity contribution in [2.24, 2.45) is 0 Å². The van der Waals surface area contributed by atoms with Crippen molar-refractivity contribution in [2.75, 3.05) is 18.6 Å². The largest absolute Gasteiger partial charge is 0.495 e. The third kappa shape index (κ3) is 2.18. The Labute approximate surface area is 102 Å². The van der Waals surface area contributed by atoms with Gasteiger partial charge in [-0.15, -0.1) is 0 Å². The predicted octanol–water partition coefficient (Wildman–Crippen LogP) is 3.24. The molecule has 3 heteroatoms. The highest BCUT2D eigenvalue weighted by molar-refractivity contribution is 5.75. The van der Waals surface area contributed by atoms with E-state index in [-0.39, 0.29) is 0 Å². The molecule has 2 heterocycles. The number of anilines is 1. The molecule has 1 aromatic rings. The SMILES string of the molecule is CC/C=C1/C=Cc2ncc(OC)cc2N1CC. The zero-order chi connectivity index (χ0) is 12.3. The zero-order valence-electron chi connectivity index (χ0n) is 10.6. The van der Waals surface area contributed by atoms with Crippen LogP contribution in [0.3, 0.4) is 0 Å². The van der Waals surface area contributed by atoms with Gasteiger partial charge >= 0.3 is 0 Å². The van der Waals surface area contributed by atoms with E-state index in [2.05, 4.69) is 42.0 Å². The molecule has 0 amide bonds. The van der Waals surface area contributed by atoms with E-state index in [1.807, 2.05) is 6.07 Å². The van der Waals surface area contributed by atoms with E-state index >= 15 is 0 Å². The number of nitrogens with zero attached hydrogens (tertiary/aromatic N) is 2. The highest BCUT2D eigenvalue weighted by atomic mass is 16.5. The van der Waals surface area contributed by atoms with Crippen molar-refractivity contribution in [1.82, 2.24) is 4.98 Å². The van der Waals surface area contributed by atoms with Crippen molar-refractivity contribution in [3.63, 3.8) is 0 Å². The van der Waals surface area contributed by atoms with Crippen LogP contribution in [0.2, 0.25) is 0 Å². The number of likely N-dealkylation sites (N-methyl/N-ethyl adjacent to an activating group) is 1. The fourth-order valence-corrected chi connectivity index (χ4v) is 2.04. The van der Waals surface area contributed by atoms with Gasteiger partial charge in [0.2, 0.25) is 0 Å². The Morgan fingerprint density at radius 2 is 2.18 bits per heavy atom. The smallest absolute Gasteiger partial charge is 0.139 e.